The minimum absolute atomic E-state index is 0.123. The van der Waals surface area contributed by atoms with Crippen molar-refractivity contribution < 1.29 is 27.9 Å². The van der Waals surface area contributed by atoms with Crippen LogP contribution < -0.4 is 10.2 Å². The number of nitrogens with zero attached hydrogens (tertiary/aromatic N) is 2. The van der Waals surface area contributed by atoms with Crippen molar-refractivity contribution >= 4 is 5.91 Å². The molecule has 0 saturated carbocycles. The second kappa shape index (κ2) is 9.25. The molecule has 146 valence electrons. The van der Waals surface area contributed by atoms with E-state index in [9.17, 15) is 23.2 Å². The fourth-order valence-corrected chi connectivity index (χ4v) is 2.59. The number of carbonyl (C=O) groups excluding carboxylic acids is 1. The van der Waals surface area contributed by atoms with Gasteiger partial charge in [0.25, 0.3) is 5.91 Å². The van der Waals surface area contributed by atoms with E-state index >= 15 is 0 Å². The third-order valence-electron chi connectivity index (χ3n) is 3.94. The molecule has 2 aromatic rings. The number of alkyl halides is 3. The predicted octanol–water partition coefficient (Wildman–Crippen LogP) is 4.10. The van der Waals surface area contributed by atoms with Gasteiger partial charge >= 0.3 is 6.36 Å². The Morgan fingerprint density at radius 2 is 1.93 bits per heavy atom. The molecule has 0 saturated heterocycles. The molecule has 1 N–H and O–H groups in total. The van der Waals surface area contributed by atoms with Crippen LogP contribution in [0.5, 0.6) is 5.75 Å². The van der Waals surface area contributed by atoms with E-state index in [1.165, 1.54) is 36.5 Å². The van der Waals surface area contributed by atoms with Crippen LogP contribution in [0, 0.1) is 5.92 Å². The number of rotatable bonds is 7. The van der Waals surface area contributed by atoms with Crippen LogP contribution in [0.25, 0.3) is 0 Å². The molecule has 27 heavy (non-hydrogen) atoms. The highest BCUT2D eigenvalue weighted by molar-refractivity contribution is 5.79. The maximum absolute atomic E-state index is 12.6. The second-order valence-corrected chi connectivity index (χ2v) is 6.09. The summed E-state index contributed by atoms with van der Waals surface area (Å²) in [5, 5.41) is 9.70. The number of amides is 1. The van der Waals surface area contributed by atoms with Gasteiger partial charge in [-0.1, -0.05) is 38.0 Å². The summed E-state index contributed by atoms with van der Waals surface area (Å²) in [6, 6.07) is 10.2. The predicted molar refractivity (Wildman–Crippen MR) is 92.0 cm³/mol. The highest BCUT2D eigenvalue weighted by Gasteiger charge is 2.31. The SMILES string of the molecule is CCCCC(Cc1ccc(OC(F)(F)F)cc1)C(=O)N=c1ccccn1O. The van der Waals surface area contributed by atoms with Gasteiger partial charge in [0.2, 0.25) is 0 Å². The number of halogens is 3. The van der Waals surface area contributed by atoms with Crippen LogP contribution in [-0.2, 0) is 11.2 Å². The van der Waals surface area contributed by atoms with E-state index in [4.69, 9.17) is 0 Å². The summed E-state index contributed by atoms with van der Waals surface area (Å²) >= 11 is 0. The lowest BCUT2D eigenvalue weighted by Gasteiger charge is -2.14. The van der Waals surface area contributed by atoms with Crippen molar-refractivity contribution in [3.63, 3.8) is 0 Å². The standard InChI is InChI=1S/C19H21F3N2O3/c1-2-3-6-15(18(25)23-17-7-4-5-12-24(17)26)13-14-8-10-16(11-9-14)27-19(20,21)22/h4-5,7-12,15,26H,2-3,6,13H2,1H3. The number of unbranched alkanes of at least 4 members (excludes halogenated alkanes) is 1. The zero-order valence-electron chi connectivity index (χ0n) is 14.8. The van der Waals surface area contributed by atoms with Gasteiger partial charge in [0.1, 0.15) is 5.75 Å². The number of hydrogen-bond donors (Lipinski definition) is 1. The molecule has 0 aliphatic heterocycles. The van der Waals surface area contributed by atoms with Crippen LogP contribution in [0.15, 0.2) is 53.7 Å². The summed E-state index contributed by atoms with van der Waals surface area (Å²) < 4.78 is 41.3. The molecule has 0 radical (unpaired) electrons. The molecule has 1 aromatic carbocycles. The van der Waals surface area contributed by atoms with Crippen molar-refractivity contribution in [3.05, 3.63) is 59.7 Å². The molecule has 1 aromatic heterocycles. The molecule has 1 atom stereocenters. The molecule has 0 spiro atoms. The summed E-state index contributed by atoms with van der Waals surface area (Å²) in [6.07, 6.45) is -0.727. The van der Waals surface area contributed by atoms with E-state index in [2.05, 4.69) is 9.73 Å². The molecule has 1 unspecified atom stereocenters. The Morgan fingerprint density at radius 3 is 2.52 bits per heavy atom. The summed E-state index contributed by atoms with van der Waals surface area (Å²) in [5.41, 5.74) is 0.831. The molecule has 2 rings (SSSR count). The highest BCUT2D eigenvalue weighted by atomic mass is 19.4. The Labute approximate surface area is 154 Å². The molecular weight excluding hydrogens is 361 g/mol. The molecule has 0 fully saturated rings. The molecule has 0 bridgehead atoms. The average Bonchev–Trinajstić information content (AvgIpc) is 2.60. The molecule has 0 aliphatic carbocycles. The lowest BCUT2D eigenvalue weighted by Crippen LogP contribution is -2.23. The minimum Gasteiger partial charge on any atom is -0.427 e. The van der Waals surface area contributed by atoms with E-state index < -0.39 is 12.3 Å². The molecule has 1 heterocycles. The van der Waals surface area contributed by atoms with E-state index in [-0.39, 0.29) is 17.1 Å². The smallest absolute Gasteiger partial charge is 0.427 e. The first-order valence-electron chi connectivity index (χ1n) is 8.58. The van der Waals surface area contributed by atoms with Gasteiger partial charge < -0.3 is 9.94 Å². The fourth-order valence-electron chi connectivity index (χ4n) is 2.59. The Kier molecular flexibility index (Phi) is 7.04. The van der Waals surface area contributed by atoms with E-state index in [0.29, 0.717) is 18.4 Å². The normalized spacial score (nSPS) is 13.4. The third-order valence-corrected chi connectivity index (χ3v) is 3.94. The van der Waals surface area contributed by atoms with Gasteiger partial charge in [0.05, 0.1) is 0 Å². The Bertz CT molecular complexity index is 814. The lowest BCUT2D eigenvalue weighted by molar-refractivity contribution is -0.274. The van der Waals surface area contributed by atoms with Crippen molar-refractivity contribution in [1.82, 2.24) is 4.73 Å². The quantitative estimate of drug-likeness (QED) is 0.734. The first kappa shape index (κ1) is 20.5. The molecule has 8 heteroatoms. The van der Waals surface area contributed by atoms with Crippen molar-refractivity contribution in [2.45, 2.75) is 39.0 Å². The van der Waals surface area contributed by atoms with Crippen LogP contribution in [0.2, 0.25) is 0 Å². The van der Waals surface area contributed by atoms with Crippen molar-refractivity contribution in [3.8, 4) is 5.75 Å². The van der Waals surface area contributed by atoms with E-state index in [0.717, 1.165) is 17.6 Å². The maximum atomic E-state index is 12.6. The minimum atomic E-state index is -4.74. The molecule has 0 aliphatic rings. The zero-order valence-corrected chi connectivity index (χ0v) is 14.8. The number of aromatic nitrogens is 1. The van der Waals surface area contributed by atoms with Gasteiger partial charge in [-0.15, -0.1) is 13.2 Å². The first-order chi connectivity index (χ1) is 12.8. The summed E-state index contributed by atoms with van der Waals surface area (Å²) in [7, 11) is 0. The summed E-state index contributed by atoms with van der Waals surface area (Å²) in [4.78, 5) is 16.5. The van der Waals surface area contributed by atoms with Gasteiger partial charge in [-0.05, 0) is 42.7 Å². The van der Waals surface area contributed by atoms with Gasteiger partial charge in [0, 0.05) is 12.1 Å². The van der Waals surface area contributed by atoms with Crippen molar-refractivity contribution in [2.75, 3.05) is 0 Å². The lowest BCUT2D eigenvalue weighted by atomic mass is 9.93. The Morgan fingerprint density at radius 1 is 1.22 bits per heavy atom. The Hall–Kier alpha value is -2.77. The van der Waals surface area contributed by atoms with Crippen LogP contribution in [-0.4, -0.2) is 22.2 Å². The number of hydrogen-bond acceptors (Lipinski definition) is 3. The van der Waals surface area contributed by atoms with Crippen LogP contribution in [0.4, 0.5) is 13.2 Å². The average molecular weight is 382 g/mol. The largest absolute Gasteiger partial charge is 0.573 e. The van der Waals surface area contributed by atoms with Gasteiger partial charge in [-0.2, -0.15) is 9.72 Å². The second-order valence-electron chi connectivity index (χ2n) is 6.09. The zero-order chi connectivity index (χ0) is 19.9. The monoisotopic (exact) mass is 382 g/mol. The summed E-state index contributed by atoms with van der Waals surface area (Å²) in [6.45, 7) is 2.00. The van der Waals surface area contributed by atoms with Crippen LogP contribution in [0.1, 0.15) is 31.7 Å². The van der Waals surface area contributed by atoms with Gasteiger partial charge in [-0.25, -0.2) is 0 Å². The number of carbonyl (C=O) groups is 1. The number of ether oxygens (including phenoxy) is 1. The first-order valence-corrected chi connectivity index (χ1v) is 8.58. The summed E-state index contributed by atoms with van der Waals surface area (Å²) in [5.74, 6) is -1.12. The van der Waals surface area contributed by atoms with Crippen molar-refractivity contribution in [2.24, 2.45) is 10.9 Å². The number of benzene rings is 1. The van der Waals surface area contributed by atoms with E-state index in [1.54, 1.807) is 12.1 Å². The van der Waals surface area contributed by atoms with Crippen LogP contribution >= 0.6 is 0 Å². The number of pyridine rings is 1. The Balaban J connectivity index is 2.15. The van der Waals surface area contributed by atoms with Gasteiger partial charge in [0.15, 0.2) is 5.49 Å². The highest BCUT2D eigenvalue weighted by Crippen LogP contribution is 2.24. The third kappa shape index (κ3) is 6.80. The fraction of sp³-hybridized carbons (Fsp3) is 0.368. The molecule has 1 amide bonds. The van der Waals surface area contributed by atoms with Crippen molar-refractivity contribution in [1.29, 1.82) is 0 Å². The molecular formula is C19H21F3N2O3. The maximum Gasteiger partial charge on any atom is 0.573 e. The topological polar surface area (TPSA) is 63.8 Å². The van der Waals surface area contributed by atoms with E-state index in [1.807, 2.05) is 6.92 Å². The molecule has 5 nitrogen and oxygen atoms in total. The van der Waals surface area contributed by atoms with Gasteiger partial charge in [-0.3, -0.25) is 4.79 Å². The van der Waals surface area contributed by atoms with Crippen LogP contribution in [0.3, 0.4) is 0 Å².